The molecule has 1 aromatic heterocycles. The maximum absolute atomic E-state index is 11.0. The smallest absolute Gasteiger partial charge is 0.333 e. The Labute approximate surface area is 128 Å². The quantitative estimate of drug-likeness (QED) is 0.668. The number of aryl methyl sites for hydroxylation is 1. The van der Waals surface area contributed by atoms with Crippen LogP contribution in [0.1, 0.15) is 24.2 Å². The van der Waals surface area contributed by atoms with E-state index in [0.29, 0.717) is 5.02 Å². The monoisotopic (exact) mass is 358 g/mol. The van der Waals surface area contributed by atoms with Crippen LogP contribution in [0.5, 0.6) is 0 Å². The first-order valence-electron chi connectivity index (χ1n) is 5.76. The van der Waals surface area contributed by atoms with Crippen LogP contribution in [0.2, 0.25) is 5.02 Å². The van der Waals surface area contributed by atoms with Gasteiger partial charge in [-0.1, -0.05) is 33.6 Å². The van der Waals surface area contributed by atoms with Crippen molar-refractivity contribution in [2.75, 3.05) is 5.73 Å². The molecule has 106 valence electrons. The van der Waals surface area contributed by atoms with Crippen molar-refractivity contribution in [1.29, 1.82) is 0 Å². The number of hydrogen-bond donors (Lipinski definition) is 1. The minimum Gasteiger partial charge on any atom is -0.378 e. The second-order valence-corrected chi connectivity index (χ2v) is 5.69. The Morgan fingerprint density at radius 3 is 2.70 bits per heavy atom. The molecular weight excluding hydrogens is 348 g/mol. The maximum Gasteiger partial charge on any atom is 0.333 e. The molecule has 8 heteroatoms. The molecule has 0 aliphatic heterocycles. The van der Waals surface area contributed by atoms with Gasteiger partial charge in [0.05, 0.1) is 11.0 Å². The zero-order chi connectivity index (χ0) is 15.0. The standard InChI is InChI=1S/C12H12BrClN4O2/c1-6-11(18(19)20)12(15)17(16-6)7(2)9-4-3-8(13)5-10(9)14/h3-5,7H,15H2,1-2H3. The second kappa shape index (κ2) is 5.41. The fraction of sp³-hybridized carbons (Fsp3) is 0.250. The molecule has 0 fully saturated rings. The number of benzene rings is 1. The summed E-state index contributed by atoms with van der Waals surface area (Å²) in [4.78, 5) is 10.4. The van der Waals surface area contributed by atoms with Gasteiger partial charge >= 0.3 is 5.69 Å². The summed E-state index contributed by atoms with van der Waals surface area (Å²) in [5, 5.41) is 15.7. The lowest BCUT2D eigenvalue weighted by Crippen LogP contribution is -2.12. The van der Waals surface area contributed by atoms with Crippen LogP contribution in [-0.2, 0) is 0 Å². The van der Waals surface area contributed by atoms with Crippen LogP contribution in [-0.4, -0.2) is 14.7 Å². The summed E-state index contributed by atoms with van der Waals surface area (Å²) in [5.41, 5.74) is 6.74. The highest BCUT2D eigenvalue weighted by Gasteiger charge is 2.26. The Balaban J connectivity index is 2.51. The van der Waals surface area contributed by atoms with Crippen LogP contribution in [0.15, 0.2) is 22.7 Å². The minimum absolute atomic E-state index is 0.0268. The highest BCUT2D eigenvalue weighted by molar-refractivity contribution is 9.10. The summed E-state index contributed by atoms with van der Waals surface area (Å²) in [6.45, 7) is 3.39. The summed E-state index contributed by atoms with van der Waals surface area (Å²) in [5.74, 6) is 0.0268. The Bertz CT molecular complexity index is 686. The molecule has 0 aliphatic rings. The van der Waals surface area contributed by atoms with Crippen LogP contribution in [0, 0.1) is 17.0 Å². The van der Waals surface area contributed by atoms with Crippen molar-refractivity contribution < 1.29 is 4.92 Å². The molecule has 0 amide bonds. The van der Waals surface area contributed by atoms with Crippen molar-refractivity contribution in [3.63, 3.8) is 0 Å². The Hall–Kier alpha value is -1.60. The molecule has 1 unspecified atom stereocenters. The van der Waals surface area contributed by atoms with Gasteiger partial charge in [0.2, 0.25) is 5.82 Å². The molecule has 0 aliphatic carbocycles. The van der Waals surface area contributed by atoms with Crippen molar-refractivity contribution in [3.05, 3.63) is 49.1 Å². The number of hydrogen-bond acceptors (Lipinski definition) is 4. The zero-order valence-electron chi connectivity index (χ0n) is 10.8. The first kappa shape index (κ1) is 14.8. The van der Waals surface area contributed by atoms with Crippen LogP contribution >= 0.6 is 27.5 Å². The number of halogens is 2. The number of nitrogens with zero attached hydrogens (tertiary/aromatic N) is 3. The molecule has 0 radical (unpaired) electrons. The second-order valence-electron chi connectivity index (χ2n) is 4.36. The molecule has 1 aromatic carbocycles. The number of nitrogens with two attached hydrogens (primary N) is 1. The highest BCUT2D eigenvalue weighted by Crippen LogP contribution is 2.33. The number of anilines is 1. The van der Waals surface area contributed by atoms with Gasteiger partial charge in [-0.2, -0.15) is 5.10 Å². The molecule has 0 saturated carbocycles. The Kier molecular flexibility index (Phi) is 4.01. The largest absolute Gasteiger partial charge is 0.378 e. The lowest BCUT2D eigenvalue weighted by Gasteiger charge is -2.15. The molecule has 1 heterocycles. The van der Waals surface area contributed by atoms with Crippen LogP contribution in [0.25, 0.3) is 0 Å². The predicted molar refractivity (Wildman–Crippen MR) is 81.0 cm³/mol. The maximum atomic E-state index is 11.0. The highest BCUT2D eigenvalue weighted by atomic mass is 79.9. The number of aromatic nitrogens is 2. The van der Waals surface area contributed by atoms with Gasteiger partial charge in [0.15, 0.2) is 0 Å². The lowest BCUT2D eigenvalue weighted by molar-refractivity contribution is -0.384. The third-order valence-electron chi connectivity index (χ3n) is 3.05. The fourth-order valence-corrected chi connectivity index (χ4v) is 2.88. The van der Waals surface area contributed by atoms with Gasteiger partial charge < -0.3 is 5.73 Å². The van der Waals surface area contributed by atoms with Crippen molar-refractivity contribution in [2.24, 2.45) is 0 Å². The van der Waals surface area contributed by atoms with E-state index in [4.69, 9.17) is 17.3 Å². The number of nitrogen functional groups attached to an aromatic ring is 1. The predicted octanol–water partition coefficient (Wildman–Crippen LogP) is 3.71. The van der Waals surface area contributed by atoms with Crippen LogP contribution in [0.4, 0.5) is 11.5 Å². The Morgan fingerprint density at radius 1 is 1.55 bits per heavy atom. The molecule has 0 saturated heterocycles. The molecule has 20 heavy (non-hydrogen) atoms. The molecular formula is C12H12BrClN4O2. The van der Waals surface area contributed by atoms with E-state index in [1.807, 2.05) is 19.1 Å². The van der Waals surface area contributed by atoms with Gasteiger partial charge in [-0.05, 0) is 31.5 Å². The summed E-state index contributed by atoms with van der Waals surface area (Å²) < 4.78 is 2.27. The fourth-order valence-electron chi connectivity index (χ4n) is 2.05. The average molecular weight is 360 g/mol. The van der Waals surface area contributed by atoms with Gasteiger partial charge in [0.1, 0.15) is 5.69 Å². The molecule has 0 spiro atoms. The summed E-state index contributed by atoms with van der Waals surface area (Å²) in [7, 11) is 0. The molecule has 2 aromatic rings. The van der Waals surface area contributed by atoms with Crippen molar-refractivity contribution in [3.8, 4) is 0 Å². The van der Waals surface area contributed by atoms with Crippen molar-refractivity contribution in [2.45, 2.75) is 19.9 Å². The molecule has 0 bridgehead atoms. The number of rotatable bonds is 3. The van der Waals surface area contributed by atoms with E-state index in [-0.39, 0.29) is 23.2 Å². The van der Waals surface area contributed by atoms with Crippen molar-refractivity contribution in [1.82, 2.24) is 9.78 Å². The van der Waals surface area contributed by atoms with Gasteiger partial charge in [0, 0.05) is 9.50 Å². The third kappa shape index (κ3) is 2.51. The number of nitro groups is 1. The minimum atomic E-state index is -0.524. The summed E-state index contributed by atoms with van der Waals surface area (Å²) in [6.07, 6.45) is 0. The SMILES string of the molecule is Cc1nn(C(C)c2ccc(Br)cc2Cl)c(N)c1[N+](=O)[O-]. The van der Waals surface area contributed by atoms with Crippen LogP contribution < -0.4 is 5.73 Å². The van der Waals surface area contributed by atoms with E-state index in [0.717, 1.165) is 10.0 Å². The zero-order valence-corrected chi connectivity index (χ0v) is 13.1. The van der Waals surface area contributed by atoms with E-state index < -0.39 is 4.92 Å². The van der Waals surface area contributed by atoms with Gasteiger partial charge in [-0.15, -0.1) is 0 Å². The topological polar surface area (TPSA) is 87.0 Å². The summed E-state index contributed by atoms with van der Waals surface area (Å²) >= 11 is 9.52. The van der Waals surface area contributed by atoms with E-state index in [2.05, 4.69) is 21.0 Å². The Morgan fingerprint density at radius 2 is 2.20 bits per heavy atom. The molecule has 2 N–H and O–H groups in total. The van der Waals surface area contributed by atoms with E-state index in [9.17, 15) is 10.1 Å². The van der Waals surface area contributed by atoms with Gasteiger partial charge in [-0.25, -0.2) is 4.68 Å². The summed E-state index contributed by atoms with van der Waals surface area (Å²) in [6, 6.07) is 5.13. The van der Waals surface area contributed by atoms with Crippen LogP contribution in [0.3, 0.4) is 0 Å². The molecule has 1 atom stereocenters. The van der Waals surface area contributed by atoms with Crippen molar-refractivity contribution >= 4 is 39.0 Å². The van der Waals surface area contributed by atoms with E-state index in [1.165, 1.54) is 4.68 Å². The van der Waals surface area contributed by atoms with Gasteiger partial charge in [0.25, 0.3) is 0 Å². The normalized spacial score (nSPS) is 12.4. The first-order chi connectivity index (χ1) is 9.32. The van der Waals surface area contributed by atoms with E-state index >= 15 is 0 Å². The first-order valence-corrected chi connectivity index (χ1v) is 6.94. The van der Waals surface area contributed by atoms with Gasteiger partial charge in [-0.3, -0.25) is 10.1 Å². The molecule has 2 rings (SSSR count). The third-order valence-corrected chi connectivity index (χ3v) is 3.87. The van der Waals surface area contributed by atoms with E-state index in [1.54, 1.807) is 13.0 Å². The lowest BCUT2D eigenvalue weighted by atomic mass is 10.1. The molecule has 6 nitrogen and oxygen atoms in total. The average Bonchev–Trinajstić information content (AvgIpc) is 2.64.